The van der Waals surface area contributed by atoms with E-state index in [0.717, 1.165) is 0 Å². The third-order valence-corrected chi connectivity index (χ3v) is 3.62. The Morgan fingerprint density at radius 1 is 1.28 bits per heavy atom. The van der Waals surface area contributed by atoms with Crippen molar-refractivity contribution in [2.24, 2.45) is 10.3 Å². The van der Waals surface area contributed by atoms with Gasteiger partial charge in [-0.2, -0.15) is 13.9 Å². The number of benzene rings is 2. The van der Waals surface area contributed by atoms with Gasteiger partial charge in [-0.3, -0.25) is 0 Å². The Morgan fingerprint density at radius 3 is 2.52 bits per heavy atom. The van der Waals surface area contributed by atoms with Crippen LogP contribution in [0.1, 0.15) is 21.5 Å². The SMILES string of the molecule is C=CN(N=NCc1ccc(C(F)(F)P)cc1)c1cccc(C(=O)O)c1. The molecule has 130 valence electrons. The molecule has 0 bridgehead atoms. The number of aromatic carboxylic acids is 1. The van der Waals surface area contributed by atoms with Crippen LogP contribution in [0.2, 0.25) is 0 Å². The monoisotopic (exact) mass is 363 g/mol. The van der Waals surface area contributed by atoms with E-state index in [2.05, 4.69) is 16.9 Å². The fraction of sp³-hybridized carbons (Fsp3) is 0.118. The van der Waals surface area contributed by atoms with Crippen molar-refractivity contribution in [3.05, 3.63) is 78.0 Å². The van der Waals surface area contributed by atoms with Gasteiger partial charge in [0.05, 0.1) is 17.8 Å². The summed E-state index contributed by atoms with van der Waals surface area (Å²) in [5.41, 5.74) is -1.74. The van der Waals surface area contributed by atoms with Crippen LogP contribution in [-0.2, 0) is 12.2 Å². The molecule has 0 aliphatic carbocycles. The molecule has 2 aromatic carbocycles. The second-order valence-corrected chi connectivity index (χ2v) is 5.82. The third-order valence-electron chi connectivity index (χ3n) is 3.28. The molecule has 1 N–H and O–H groups in total. The Labute approximate surface area is 145 Å². The lowest BCUT2D eigenvalue weighted by Crippen LogP contribution is -2.07. The zero-order valence-corrected chi connectivity index (χ0v) is 14.3. The van der Waals surface area contributed by atoms with E-state index in [4.69, 9.17) is 5.11 Å². The van der Waals surface area contributed by atoms with Crippen LogP contribution in [0, 0.1) is 0 Å². The van der Waals surface area contributed by atoms with Gasteiger partial charge in [0.25, 0.3) is 5.66 Å². The van der Waals surface area contributed by atoms with Crippen molar-refractivity contribution in [3.8, 4) is 0 Å². The molecular formula is C17H16F2N3O2P. The van der Waals surface area contributed by atoms with Crippen molar-refractivity contribution in [3.63, 3.8) is 0 Å². The number of rotatable bonds is 7. The number of hydrogen-bond acceptors (Lipinski definition) is 3. The van der Waals surface area contributed by atoms with Gasteiger partial charge >= 0.3 is 5.97 Å². The number of nitrogens with zero attached hydrogens (tertiary/aromatic N) is 3. The second kappa shape index (κ2) is 7.94. The average Bonchev–Trinajstić information content (AvgIpc) is 2.58. The van der Waals surface area contributed by atoms with Crippen molar-refractivity contribution in [2.75, 3.05) is 5.01 Å². The van der Waals surface area contributed by atoms with E-state index < -0.39 is 11.6 Å². The average molecular weight is 363 g/mol. The molecule has 1 unspecified atom stereocenters. The summed E-state index contributed by atoms with van der Waals surface area (Å²) in [4.78, 5) is 11.0. The highest BCUT2D eigenvalue weighted by molar-refractivity contribution is 7.17. The lowest BCUT2D eigenvalue weighted by atomic mass is 10.1. The molecule has 0 spiro atoms. The first kappa shape index (κ1) is 18.7. The van der Waals surface area contributed by atoms with Crippen molar-refractivity contribution in [1.29, 1.82) is 0 Å². The van der Waals surface area contributed by atoms with Gasteiger partial charge in [-0.1, -0.05) is 51.4 Å². The predicted molar refractivity (Wildman–Crippen MR) is 94.7 cm³/mol. The first-order chi connectivity index (χ1) is 11.8. The Bertz CT molecular complexity index is 789. The molecule has 0 amide bonds. The molecule has 25 heavy (non-hydrogen) atoms. The van der Waals surface area contributed by atoms with E-state index >= 15 is 0 Å². The number of carboxylic acid groups (broad SMARTS) is 1. The molecule has 5 nitrogen and oxygen atoms in total. The third kappa shape index (κ3) is 5.16. The standard InChI is InChI=1S/C17H16F2N3O2P/c1-2-22(15-5-3-4-13(10-15)16(23)24)21-20-11-12-6-8-14(9-7-12)17(18,19)25/h2-10H,1,11,25H2,(H,23,24). The number of carbonyl (C=O) groups is 1. The first-order valence-corrected chi connectivity index (χ1v) is 7.77. The molecule has 0 heterocycles. The smallest absolute Gasteiger partial charge is 0.335 e. The summed E-state index contributed by atoms with van der Waals surface area (Å²) in [7, 11) is 1.49. The highest BCUT2D eigenvalue weighted by atomic mass is 31.0. The maximum atomic E-state index is 13.1. The van der Waals surface area contributed by atoms with Crippen molar-refractivity contribution >= 4 is 20.9 Å². The van der Waals surface area contributed by atoms with Crippen LogP contribution in [0.5, 0.6) is 0 Å². The Balaban J connectivity index is 2.08. The summed E-state index contributed by atoms with van der Waals surface area (Å²) < 4.78 is 26.3. The van der Waals surface area contributed by atoms with Crippen LogP contribution < -0.4 is 5.01 Å². The zero-order chi connectivity index (χ0) is 18.4. The number of alkyl halides is 2. The molecule has 0 saturated carbocycles. The highest BCUT2D eigenvalue weighted by Gasteiger charge is 2.23. The molecule has 0 saturated heterocycles. The van der Waals surface area contributed by atoms with Crippen molar-refractivity contribution in [2.45, 2.75) is 12.2 Å². The molecule has 2 rings (SSSR count). The number of halogens is 2. The minimum atomic E-state index is -2.96. The van der Waals surface area contributed by atoms with Gasteiger partial charge in [0.2, 0.25) is 0 Å². The predicted octanol–water partition coefficient (Wildman–Crippen LogP) is 4.83. The normalized spacial score (nSPS) is 11.5. The van der Waals surface area contributed by atoms with Gasteiger partial charge in [-0.25, -0.2) is 9.80 Å². The summed E-state index contributed by atoms with van der Waals surface area (Å²) in [6, 6.07) is 11.9. The summed E-state index contributed by atoms with van der Waals surface area (Å²) >= 11 is 0. The molecule has 0 fully saturated rings. The van der Waals surface area contributed by atoms with Crippen molar-refractivity contribution < 1.29 is 18.7 Å². The molecular weight excluding hydrogens is 347 g/mol. The maximum Gasteiger partial charge on any atom is 0.335 e. The van der Waals surface area contributed by atoms with E-state index in [1.54, 1.807) is 24.3 Å². The molecule has 1 atom stereocenters. The fourth-order valence-electron chi connectivity index (χ4n) is 1.99. The summed E-state index contributed by atoms with van der Waals surface area (Å²) in [5.74, 6) is -1.05. The highest BCUT2D eigenvalue weighted by Crippen LogP contribution is 2.34. The molecule has 0 radical (unpaired) electrons. The Hall–Kier alpha value is -2.66. The fourth-order valence-corrected chi connectivity index (χ4v) is 2.18. The van der Waals surface area contributed by atoms with Gasteiger partial charge in [-0.05, 0) is 23.8 Å². The largest absolute Gasteiger partial charge is 0.478 e. The first-order valence-electron chi connectivity index (χ1n) is 7.20. The van der Waals surface area contributed by atoms with Crippen LogP contribution in [0.15, 0.2) is 71.6 Å². The van der Waals surface area contributed by atoms with Crippen LogP contribution in [0.25, 0.3) is 0 Å². The van der Waals surface area contributed by atoms with Crippen LogP contribution in [-0.4, -0.2) is 11.1 Å². The molecule has 8 heteroatoms. The van der Waals surface area contributed by atoms with Gasteiger partial charge in [0.15, 0.2) is 0 Å². The Morgan fingerprint density at radius 2 is 1.96 bits per heavy atom. The van der Waals surface area contributed by atoms with E-state index in [0.29, 0.717) is 11.3 Å². The van der Waals surface area contributed by atoms with Gasteiger partial charge in [-0.15, -0.1) is 0 Å². The quantitative estimate of drug-likeness (QED) is 0.435. The number of anilines is 1. The van der Waals surface area contributed by atoms with E-state index in [1.165, 1.54) is 44.7 Å². The van der Waals surface area contributed by atoms with Crippen molar-refractivity contribution in [1.82, 2.24) is 0 Å². The van der Waals surface area contributed by atoms with E-state index in [-0.39, 0.29) is 17.7 Å². The summed E-state index contributed by atoms with van der Waals surface area (Å²) in [5, 5.41) is 18.3. The lowest BCUT2D eigenvalue weighted by Gasteiger charge is -2.13. The van der Waals surface area contributed by atoms with Gasteiger partial charge < -0.3 is 5.11 Å². The molecule has 0 aliphatic rings. The minimum Gasteiger partial charge on any atom is -0.478 e. The molecule has 2 aromatic rings. The van der Waals surface area contributed by atoms with E-state index in [1.807, 2.05) is 0 Å². The summed E-state index contributed by atoms with van der Waals surface area (Å²) in [6.45, 7) is 3.80. The lowest BCUT2D eigenvalue weighted by molar-refractivity contribution is 0.0696. The van der Waals surface area contributed by atoms with Crippen LogP contribution in [0.4, 0.5) is 14.5 Å². The zero-order valence-electron chi connectivity index (χ0n) is 13.1. The Kier molecular flexibility index (Phi) is 5.93. The topological polar surface area (TPSA) is 65.3 Å². The van der Waals surface area contributed by atoms with Crippen LogP contribution >= 0.6 is 9.24 Å². The maximum absolute atomic E-state index is 13.1. The number of hydrogen-bond donors (Lipinski definition) is 1. The molecule has 0 aromatic heterocycles. The molecule has 0 aliphatic heterocycles. The van der Waals surface area contributed by atoms with Gasteiger partial charge in [0, 0.05) is 11.8 Å². The second-order valence-electron chi connectivity index (χ2n) is 5.09. The minimum absolute atomic E-state index is 0.101. The number of carboxylic acids is 1. The van der Waals surface area contributed by atoms with Gasteiger partial charge in [0.1, 0.15) is 0 Å². The van der Waals surface area contributed by atoms with Crippen LogP contribution in [0.3, 0.4) is 0 Å². The van der Waals surface area contributed by atoms with E-state index in [9.17, 15) is 13.6 Å². The summed E-state index contributed by atoms with van der Waals surface area (Å²) in [6.07, 6.45) is 1.39.